The van der Waals surface area contributed by atoms with Gasteiger partial charge in [-0.2, -0.15) is 0 Å². The van der Waals surface area contributed by atoms with E-state index in [9.17, 15) is 12.8 Å². The van der Waals surface area contributed by atoms with Gasteiger partial charge in [-0.05, 0) is 18.1 Å². The highest BCUT2D eigenvalue weighted by Gasteiger charge is 2.03. The summed E-state index contributed by atoms with van der Waals surface area (Å²) in [5.74, 6) is 2.21. The summed E-state index contributed by atoms with van der Waals surface area (Å²) in [6.45, 7) is 0. The quantitative estimate of drug-likeness (QED) is 0.670. The summed E-state index contributed by atoms with van der Waals surface area (Å²) in [5.41, 5.74) is 0.507. The van der Waals surface area contributed by atoms with E-state index in [0.29, 0.717) is 16.3 Å². The average molecular weight is 248 g/mol. The third kappa shape index (κ3) is 2.63. The van der Waals surface area contributed by atoms with Crippen LogP contribution in [0.2, 0.25) is 0 Å². The Morgan fingerprint density at radius 1 is 1.06 bits per heavy atom. The molecule has 0 aliphatic rings. The first-order valence-electron chi connectivity index (χ1n) is 4.87. The van der Waals surface area contributed by atoms with Gasteiger partial charge >= 0.3 is 0 Å². The summed E-state index contributed by atoms with van der Waals surface area (Å²) in [4.78, 5) is 0. The van der Waals surface area contributed by atoms with Gasteiger partial charge in [-0.3, -0.25) is 0 Å². The van der Waals surface area contributed by atoms with Crippen LogP contribution in [0, 0.1) is 17.0 Å². The molecule has 86 valence electrons. The Morgan fingerprint density at radius 2 is 1.71 bits per heavy atom. The van der Waals surface area contributed by atoms with Crippen LogP contribution in [0.15, 0.2) is 36.4 Å². The topological polar surface area (TPSA) is 34.1 Å². The smallest absolute Gasteiger partial charge is 0.214 e. The molecule has 0 heterocycles. The molecule has 0 aliphatic heterocycles. The molecular formula is C13H9FO2S. The van der Waals surface area contributed by atoms with Crippen molar-refractivity contribution in [2.24, 2.45) is 0 Å². The average Bonchev–Trinajstić information content (AvgIpc) is 2.27. The maximum Gasteiger partial charge on any atom is 0.214 e. The van der Waals surface area contributed by atoms with Crippen LogP contribution in [0.25, 0.3) is 10.8 Å². The molecular weight excluding hydrogens is 239 g/mol. The van der Waals surface area contributed by atoms with E-state index >= 15 is 0 Å². The molecule has 17 heavy (non-hydrogen) atoms. The zero-order chi connectivity index (χ0) is 12.5. The Balaban J connectivity index is 2.71. The first kappa shape index (κ1) is 11.6. The van der Waals surface area contributed by atoms with Crippen molar-refractivity contribution in [1.82, 2.24) is 0 Å². The number of hydrogen-bond donors (Lipinski definition) is 0. The molecule has 2 aromatic rings. The van der Waals surface area contributed by atoms with Gasteiger partial charge in [0.15, 0.2) is 0 Å². The van der Waals surface area contributed by atoms with Crippen LogP contribution < -0.4 is 0 Å². The van der Waals surface area contributed by atoms with Crippen LogP contribution in [-0.2, 0) is 9.84 Å². The van der Waals surface area contributed by atoms with E-state index in [1.807, 2.05) is 0 Å². The van der Waals surface area contributed by atoms with Crippen LogP contribution in [-0.4, -0.2) is 14.7 Å². The molecule has 4 heteroatoms. The Bertz CT molecular complexity index is 737. The summed E-state index contributed by atoms with van der Waals surface area (Å²) >= 11 is 0. The lowest BCUT2D eigenvalue weighted by molar-refractivity contribution is 0.611. The first-order chi connectivity index (χ1) is 7.97. The summed E-state index contributed by atoms with van der Waals surface area (Å²) in [5, 5.41) is 3.20. The summed E-state index contributed by atoms with van der Waals surface area (Å²) in [6.07, 6.45) is 1.03. The molecule has 0 saturated carbocycles. The second kappa shape index (κ2) is 4.19. The maximum absolute atomic E-state index is 13.5. The molecule has 0 aliphatic carbocycles. The van der Waals surface area contributed by atoms with E-state index in [-0.39, 0.29) is 5.82 Å². The van der Waals surface area contributed by atoms with Crippen LogP contribution in [0.1, 0.15) is 5.56 Å². The van der Waals surface area contributed by atoms with Gasteiger partial charge in [0.1, 0.15) is 5.82 Å². The molecule has 2 nitrogen and oxygen atoms in total. The SMILES string of the molecule is CS(=O)(=O)C#Cc1ccc(F)c2ccccc12. The van der Waals surface area contributed by atoms with Gasteiger partial charge in [-0.15, -0.1) is 0 Å². The molecule has 0 amide bonds. The third-order valence-corrected chi connectivity index (χ3v) is 2.71. The highest BCUT2D eigenvalue weighted by Crippen LogP contribution is 2.20. The third-order valence-electron chi connectivity index (χ3n) is 2.24. The number of benzene rings is 2. The second-order valence-corrected chi connectivity index (χ2v) is 5.39. The van der Waals surface area contributed by atoms with Crippen molar-refractivity contribution < 1.29 is 12.8 Å². The van der Waals surface area contributed by atoms with E-state index in [1.165, 1.54) is 12.1 Å². The van der Waals surface area contributed by atoms with E-state index in [4.69, 9.17) is 0 Å². The molecule has 0 fully saturated rings. The lowest BCUT2D eigenvalue weighted by Crippen LogP contribution is -1.90. The Morgan fingerprint density at radius 3 is 2.35 bits per heavy atom. The fourth-order valence-corrected chi connectivity index (χ4v) is 1.81. The second-order valence-electron chi connectivity index (χ2n) is 3.64. The molecule has 0 aromatic heterocycles. The minimum Gasteiger partial charge on any atom is -0.216 e. The summed E-state index contributed by atoms with van der Waals surface area (Å²) in [6, 6.07) is 9.60. The van der Waals surface area contributed by atoms with Crippen molar-refractivity contribution in [2.45, 2.75) is 0 Å². The van der Waals surface area contributed by atoms with Gasteiger partial charge in [0.25, 0.3) is 0 Å². The van der Waals surface area contributed by atoms with Crippen molar-refractivity contribution in [3.05, 3.63) is 47.8 Å². The standard InChI is InChI=1S/C13H9FO2S/c1-17(15,16)9-8-10-6-7-13(14)12-5-3-2-4-11(10)12/h2-7H,1H3. The monoisotopic (exact) mass is 248 g/mol. The van der Waals surface area contributed by atoms with E-state index in [2.05, 4.69) is 11.2 Å². The molecule has 0 bridgehead atoms. The van der Waals surface area contributed by atoms with Crippen molar-refractivity contribution in [3.63, 3.8) is 0 Å². The van der Waals surface area contributed by atoms with Gasteiger partial charge in [0, 0.05) is 21.6 Å². The number of rotatable bonds is 0. The fraction of sp³-hybridized carbons (Fsp3) is 0.0769. The highest BCUT2D eigenvalue weighted by atomic mass is 32.2. The van der Waals surface area contributed by atoms with Crippen molar-refractivity contribution in [1.29, 1.82) is 0 Å². The predicted octanol–water partition coefficient (Wildman–Crippen LogP) is 2.33. The van der Waals surface area contributed by atoms with E-state index in [1.54, 1.807) is 24.3 Å². The maximum atomic E-state index is 13.5. The molecule has 0 radical (unpaired) electrons. The number of halogens is 1. The van der Waals surface area contributed by atoms with E-state index in [0.717, 1.165) is 6.26 Å². The summed E-state index contributed by atoms with van der Waals surface area (Å²) < 4.78 is 35.4. The molecule has 0 unspecified atom stereocenters. The Kier molecular flexibility index (Phi) is 2.86. The van der Waals surface area contributed by atoms with Crippen LogP contribution in [0.4, 0.5) is 4.39 Å². The minimum absolute atomic E-state index is 0.342. The molecule has 0 spiro atoms. The number of fused-ring (bicyclic) bond motifs is 1. The predicted molar refractivity (Wildman–Crippen MR) is 65.6 cm³/mol. The molecule has 2 rings (SSSR count). The number of hydrogen-bond acceptors (Lipinski definition) is 2. The largest absolute Gasteiger partial charge is 0.216 e. The van der Waals surface area contributed by atoms with Gasteiger partial charge < -0.3 is 0 Å². The zero-order valence-corrected chi connectivity index (χ0v) is 9.88. The molecule has 0 saturated heterocycles. The van der Waals surface area contributed by atoms with Crippen LogP contribution in [0.3, 0.4) is 0 Å². The molecule has 0 atom stereocenters. The zero-order valence-electron chi connectivity index (χ0n) is 9.07. The van der Waals surface area contributed by atoms with Crippen LogP contribution >= 0.6 is 0 Å². The molecule has 2 aromatic carbocycles. The van der Waals surface area contributed by atoms with Crippen LogP contribution in [0.5, 0.6) is 0 Å². The lowest BCUT2D eigenvalue weighted by Gasteiger charge is -2.01. The van der Waals surface area contributed by atoms with Gasteiger partial charge in [0.2, 0.25) is 9.84 Å². The minimum atomic E-state index is -3.36. The molecule has 0 N–H and O–H groups in total. The Hall–Kier alpha value is -1.86. The number of sulfone groups is 1. The van der Waals surface area contributed by atoms with Gasteiger partial charge in [-0.25, -0.2) is 12.8 Å². The fourth-order valence-electron chi connectivity index (χ4n) is 1.52. The van der Waals surface area contributed by atoms with Gasteiger partial charge in [-0.1, -0.05) is 24.3 Å². The van der Waals surface area contributed by atoms with Gasteiger partial charge in [0.05, 0.1) is 6.26 Å². The highest BCUT2D eigenvalue weighted by molar-refractivity contribution is 7.95. The summed E-state index contributed by atoms with van der Waals surface area (Å²) in [7, 11) is -3.36. The van der Waals surface area contributed by atoms with Crippen molar-refractivity contribution in [2.75, 3.05) is 6.26 Å². The van der Waals surface area contributed by atoms with Crippen molar-refractivity contribution in [3.8, 4) is 11.2 Å². The Labute approximate surface area is 99.0 Å². The normalized spacial score (nSPS) is 10.9. The van der Waals surface area contributed by atoms with E-state index < -0.39 is 9.84 Å². The first-order valence-corrected chi connectivity index (χ1v) is 6.76. The lowest BCUT2D eigenvalue weighted by atomic mass is 10.0. The van der Waals surface area contributed by atoms with Crippen molar-refractivity contribution >= 4 is 20.6 Å².